The van der Waals surface area contributed by atoms with E-state index in [2.05, 4.69) is 0 Å². The second kappa shape index (κ2) is 4.88. The first-order valence-corrected chi connectivity index (χ1v) is 4.36. The van der Waals surface area contributed by atoms with Crippen molar-refractivity contribution in [3.05, 3.63) is 40.6 Å². The molecule has 0 radical (unpaired) electrons. The highest BCUT2D eigenvalue weighted by Gasteiger charge is 2.00. The standard InChI is InChI=1S/C9H6Cl2O3/c10-6-1-2-8(7(11)5-6)14-4-3-9(12)13/h1-5H,(H,12,13)/b4-3-. The molecule has 0 aromatic heterocycles. The molecular formula is C9H6Cl2O3. The fourth-order valence-corrected chi connectivity index (χ4v) is 1.19. The van der Waals surface area contributed by atoms with E-state index in [0.29, 0.717) is 15.8 Å². The van der Waals surface area contributed by atoms with Gasteiger partial charge in [-0.3, -0.25) is 0 Å². The minimum absolute atomic E-state index is 0.326. The molecule has 0 spiro atoms. The van der Waals surface area contributed by atoms with Gasteiger partial charge in [-0.05, 0) is 18.2 Å². The predicted octanol–water partition coefficient (Wildman–Crippen LogP) is 2.97. The van der Waals surface area contributed by atoms with Gasteiger partial charge in [0.2, 0.25) is 0 Å². The van der Waals surface area contributed by atoms with E-state index in [1.54, 1.807) is 12.1 Å². The Bertz CT molecular complexity index is 374. The molecule has 0 unspecified atom stereocenters. The van der Waals surface area contributed by atoms with Crippen molar-refractivity contribution in [1.29, 1.82) is 0 Å². The van der Waals surface area contributed by atoms with E-state index >= 15 is 0 Å². The number of aliphatic carboxylic acids is 1. The summed E-state index contributed by atoms with van der Waals surface area (Å²) in [5.74, 6) is -0.733. The van der Waals surface area contributed by atoms with Crippen LogP contribution in [0.1, 0.15) is 0 Å². The summed E-state index contributed by atoms with van der Waals surface area (Å²) >= 11 is 11.4. The van der Waals surface area contributed by atoms with Crippen molar-refractivity contribution in [3.63, 3.8) is 0 Å². The lowest BCUT2D eigenvalue weighted by Gasteiger charge is -2.01. The van der Waals surface area contributed by atoms with Crippen molar-refractivity contribution in [3.8, 4) is 5.75 Å². The Morgan fingerprint density at radius 2 is 2.14 bits per heavy atom. The van der Waals surface area contributed by atoms with Crippen LogP contribution in [0.5, 0.6) is 5.75 Å². The van der Waals surface area contributed by atoms with Crippen molar-refractivity contribution in [2.75, 3.05) is 0 Å². The Hall–Kier alpha value is -1.19. The number of carboxylic acids is 1. The van der Waals surface area contributed by atoms with Crippen LogP contribution in [0.4, 0.5) is 0 Å². The van der Waals surface area contributed by atoms with Crippen LogP contribution in [0.15, 0.2) is 30.5 Å². The van der Waals surface area contributed by atoms with Gasteiger partial charge in [-0.15, -0.1) is 0 Å². The summed E-state index contributed by atoms with van der Waals surface area (Å²) < 4.78 is 4.95. The van der Waals surface area contributed by atoms with Crippen molar-refractivity contribution in [2.24, 2.45) is 0 Å². The highest BCUT2D eigenvalue weighted by Crippen LogP contribution is 2.27. The third-order valence-electron chi connectivity index (χ3n) is 1.30. The topological polar surface area (TPSA) is 46.5 Å². The van der Waals surface area contributed by atoms with E-state index in [9.17, 15) is 4.79 Å². The number of ether oxygens (including phenoxy) is 1. The van der Waals surface area contributed by atoms with Crippen molar-refractivity contribution < 1.29 is 14.6 Å². The lowest BCUT2D eigenvalue weighted by molar-refractivity contribution is -0.131. The van der Waals surface area contributed by atoms with E-state index in [1.807, 2.05) is 0 Å². The molecule has 0 saturated heterocycles. The summed E-state index contributed by atoms with van der Waals surface area (Å²) in [7, 11) is 0. The first-order valence-electron chi connectivity index (χ1n) is 3.61. The molecule has 1 rings (SSSR count). The number of rotatable bonds is 3. The molecular weight excluding hydrogens is 227 g/mol. The molecule has 0 bridgehead atoms. The van der Waals surface area contributed by atoms with Gasteiger partial charge >= 0.3 is 5.97 Å². The largest absolute Gasteiger partial charge is 0.478 e. The van der Waals surface area contributed by atoms with Gasteiger partial charge in [-0.25, -0.2) is 4.79 Å². The minimum atomic E-state index is -1.09. The Labute approximate surface area is 90.5 Å². The van der Waals surface area contributed by atoms with Crippen LogP contribution < -0.4 is 4.74 Å². The number of benzene rings is 1. The molecule has 0 heterocycles. The van der Waals surface area contributed by atoms with Gasteiger partial charge in [0.25, 0.3) is 0 Å². The molecule has 0 fully saturated rings. The Balaban J connectivity index is 2.73. The number of halogens is 2. The molecule has 1 aromatic rings. The predicted molar refractivity (Wildman–Crippen MR) is 53.9 cm³/mol. The fraction of sp³-hybridized carbons (Fsp3) is 0. The molecule has 3 nitrogen and oxygen atoms in total. The molecule has 0 atom stereocenters. The summed E-state index contributed by atoms with van der Waals surface area (Å²) in [6.07, 6.45) is 1.91. The molecule has 0 amide bonds. The second-order valence-electron chi connectivity index (χ2n) is 2.33. The molecule has 14 heavy (non-hydrogen) atoms. The van der Waals surface area contributed by atoms with Gasteiger partial charge in [0, 0.05) is 5.02 Å². The summed E-state index contributed by atoms with van der Waals surface area (Å²) in [6, 6.07) is 4.65. The smallest absolute Gasteiger partial charge is 0.331 e. The summed E-state index contributed by atoms with van der Waals surface area (Å²) in [5, 5.41) is 9.10. The molecule has 1 aromatic carbocycles. The SMILES string of the molecule is O=C(O)/C=C\Oc1ccc(Cl)cc1Cl. The van der Waals surface area contributed by atoms with Crippen LogP contribution >= 0.6 is 23.2 Å². The van der Waals surface area contributed by atoms with Crippen molar-refractivity contribution in [1.82, 2.24) is 0 Å². The molecule has 0 saturated carbocycles. The van der Waals surface area contributed by atoms with Crippen LogP contribution in [0, 0.1) is 0 Å². The average molecular weight is 233 g/mol. The zero-order chi connectivity index (χ0) is 10.6. The summed E-state index contributed by atoms with van der Waals surface area (Å²) in [5.41, 5.74) is 0. The van der Waals surface area contributed by atoms with Crippen LogP contribution in [0.2, 0.25) is 10.0 Å². The lowest BCUT2D eigenvalue weighted by atomic mass is 10.3. The van der Waals surface area contributed by atoms with Gasteiger partial charge in [-0.2, -0.15) is 0 Å². The highest BCUT2D eigenvalue weighted by molar-refractivity contribution is 6.35. The second-order valence-corrected chi connectivity index (χ2v) is 3.18. The van der Waals surface area contributed by atoms with Crippen molar-refractivity contribution in [2.45, 2.75) is 0 Å². The third kappa shape index (κ3) is 3.28. The number of carbonyl (C=O) groups is 1. The van der Waals surface area contributed by atoms with E-state index < -0.39 is 5.97 Å². The summed E-state index contributed by atoms with van der Waals surface area (Å²) in [4.78, 5) is 10.1. The average Bonchev–Trinajstić information content (AvgIpc) is 2.08. The zero-order valence-electron chi connectivity index (χ0n) is 6.91. The fourth-order valence-electron chi connectivity index (χ4n) is 0.736. The summed E-state index contributed by atoms with van der Waals surface area (Å²) in [6.45, 7) is 0. The van der Waals surface area contributed by atoms with Gasteiger partial charge in [0.1, 0.15) is 5.75 Å². The Kier molecular flexibility index (Phi) is 3.80. The van der Waals surface area contributed by atoms with Crippen LogP contribution in [0.25, 0.3) is 0 Å². The normalized spacial score (nSPS) is 10.4. The number of carboxylic acid groups (broad SMARTS) is 1. The van der Waals surface area contributed by atoms with Crippen LogP contribution in [0.3, 0.4) is 0 Å². The van der Waals surface area contributed by atoms with Gasteiger partial charge in [-0.1, -0.05) is 23.2 Å². The van der Waals surface area contributed by atoms with Gasteiger partial charge in [0.15, 0.2) is 0 Å². The molecule has 1 N–H and O–H groups in total. The highest BCUT2D eigenvalue weighted by atomic mass is 35.5. The quantitative estimate of drug-likeness (QED) is 0.644. The monoisotopic (exact) mass is 232 g/mol. The van der Waals surface area contributed by atoms with E-state index in [0.717, 1.165) is 12.3 Å². The minimum Gasteiger partial charge on any atom is -0.478 e. The Morgan fingerprint density at radius 3 is 2.71 bits per heavy atom. The Morgan fingerprint density at radius 1 is 1.43 bits per heavy atom. The van der Waals surface area contributed by atoms with Crippen LogP contribution in [-0.2, 0) is 4.79 Å². The number of hydrogen-bond acceptors (Lipinski definition) is 2. The third-order valence-corrected chi connectivity index (χ3v) is 1.83. The van der Waals surface area contributed by atoms with Crippen LogP contribution in [-0.4, -0.2) is 11.1 Å². The van der Waals surface area contributed by atoms with E-state index in [-0.39, 0.29) is 0 Å². The molecule has 0 aliphatic carbocycles. The maximum Gasteiger partial charge on any atom is 0.331 e. The molecule has 5 heteroatoms. The first-order chi connectivity index (χ1) is 6.59. The lowest BCUT2D eigenvalue weighted by Crippen LogP contribution is -1.89. The van der Waals surface area contributed by atoms with Gasteiger partial charge in [0.05, 0.1) is 17.4 Å². The molecule has 0 aliphatic rings. The first kappa shape index (κ1) is 10.9. The molecule has 0 aliphatic heterocycles. The van der Waals surface area contributed by atoms with E-state index in [4.69, 9.17) is 33.0 Å². The zero-order valence-corrected chi connectivity index (χ0v) is 8.42. The maximum atomic E-state index is 10.1. The molecule has 74 valence electrons. The van der Waals surface area contributed by atoms with Crippen molar-refractivity contribution >= 4 is 29.2 Å². The number of hydrogen-bond donors (Lipinski definition) is 1. The van der Waals surface area contributed by atoms with E-state index in [1.165, 1.54) is 6.07 Å². The maximum absolute atomic E-state index is 10.1. The van der Waals surface area contributed by atoms with Gasteiger partial charge < -0.3 is 9.84 Å².